The van der Waals surface area contributed by atoms with Gasteiger partial charge in [0, 0.05) is 22.1 Å². The van der Waals surface area contributed by atoms with Crippen LogP contribution in [0.15, 0.2) is 188 Å². The van der Waals surface area contributed by atoms with Crippen molar-refractivity contribution in [1.82, 2.24) is 15.2 Å². The van der Waals surface area contributed by atoms with Gasteiger partial charge in [0.05, 0.1) is 5.41 Å². The standard InChI is InChI=1S/C53H37N3/c1-52(2)45-28-12-13-29-46(45)53(43-26-10-8-23-40(43)41-24-9-11-27-44(41)53)47-31-30-37(33-48(47)52)36-20-14-21-38(32-36)50-49(35-17-4-3-5-18-35)54-51(56-55-50)42-25-15-19-34-16-6-7-22-39(34)42/h3-33H,1-2H3. The molecule has 0 atom stereocenters. The fraction of sp³-hybridized carbons (Fsp3) is 0.0755. The van der Waals surface area contributed by atoms with Crippen molar-refractivity contribution >= 4 is 10.8 Å². The van der Waals surface area contributed by atoms with Gasteiger partial charge in [-0.15, -0.1) is 10.2 Å². The second-order valence-electron chi connectivity index (χ2n) is 15.6. The number of hydrogen-bond donors (Lipinski definition) is 0. The smallest absolute Gasteiger partial charge is 0.182 e. The number of rotatable bonds is 4. The predicted molar refractivity (Wildman–Crippen MR) is 229 cm³/mol. The van der Waals surface area contributed by atoms with E-state index in [4.69, 9.17) is 15.2 Å². The van der Waals surface area contributed by atoms with Crippen molar-refractivity contribution < 1.29 is 0 Å². The van der Waals surface area contributed by atoms with Crippen molar-refractivity contribution in [1.29, 1.82) is 0 Å². The van der Waals surface area contributed by atoms with Crippen LogP contribution in [-0.2, 0) is 10.8 Å². The summed E-state index contributed by atoms with van der Waals surface area (Å²) in [5, 5.41) is 12.0. The molecule has 264 valence electrons. The molecule has 0 unspecified atom stereocenters. The highest BCUT2D eigenvalue weighted by molar-refractivity contribution is 5.96. The zero-order valence-corrected chi connectivity index (χ0v) is 31.2. The van der Waals surface area contributed by atoms with E-state index in [9.17, 15) is 0 Å². The van der Waals surface area contributed by atoms with Gasteiger partial charge in [-0.2, -0.15) is 0 Å². The number of benzene rings is 8. The van der Waals surface area contributed by atoms with Crippen molar-refractivity contribution in [3.63, 3.8) is 0 Å². The van der Waals surface area contributed by atoms with Gasteiger partial charge in [-0.25, -0.2) is 4.98 Å². The zero-order chi connectivity index (χ0) is 37.4. The molecule has 1 heterocycles. The molecule has 11 rings (SSSR count). The Morgan fingerprint density at radius 2 is 0.911 bits per heavy atom. The van der Waals surface area contributed by atoms with Crippen molar-refractivity contribution in [3.05, 3.63) is 221 Å². The largest absolute Gasteiger partial charge is 0.224 e. The normalized spacial score (nSPS) is 14.2. The highest BCUT2D eigenvalue weighted by Gasteiger charge is 2.53. The van der Waals surface area contributed by atoms with E-state index >= 15 is 0 Å². The van der Waals surface area contributed by atoms with Crippen LogP contribution in [0, 0.1) is 0 Å². The third-order valence-electron chi connectivity index (χ3n) is 12.3. The van der Waals surface area contributed by atoms with E-state index < -0.39 is 5.41 Å². The molecule has 0 radical (unpaired) electrons. The first-order chi connectivity index (χ1) is 27.5. The molecule has 0 amide bonds. The Bertz CT molecular complexity index is 2960. The molecule has 3 nitrogen and oxygen atoms in total. The van der Waals surface area contributed by atoms with Gasteiger partial charge >= 0.3 is 0 Å². The summed E-state index contributed by atoms with van der Waals surface area (Å²) >= 11 is 0. The van der Waals surface area contributed by atoms with E-state index in [0.717, 1.165) is 44.4 Å². The Kier molecular flexibility index (Phi) is 7.11. The van der Waals surface area contributed by atoms with Crippen LogP contribution in [0.25, 0.3) is 66.9 Å². The first-order valence-electron chi connectivity index (χ1n) is 19.4. The quantitative estimate of drug-likeness (QED) is 0.182. The summed E-state index contributed by atoms with van der Waals surface area (Å²) in [5.74, 6) is 0.613. The Morgan fingerprint density at radius 1 is 0.357 bits per heavy atom. The number of fused-ring (bicyclic) bond motifs is 10. The van der Waals surface area contributed by atoms with Gasteiger partial charge in [-0.05, 0) is 78.5 Å². The number of nitrogens with zero attached hydrogens (tertiary/aromatic N) is 3. The van der Waals surface area contributed by atoms with Crippen molar-refractivity contribution in [2.45, 2.75) is 24.7 Å². The zero-order valence-electron chi connectivity index (χ0n) is 31.2. The third-order valence-corrected chi connectivity index (χ3v) is 12.3. The first-order valence-corrected chi connectivity index (χ1v) is 19.4. The monoisotopic (exact) mass is 715 g/mol. The maximum absolute atomic E-state index is 5.24. The van der Waals surface area contributed by atoms with Crippen LogP contribution in [0.5, 0.6) is 0 Å². The van der Waals surface area contributed by atoms with Gasteiger partial charge in [0.15, 0.2) is 5.82 Å². The second kappa shape index (κ2) is 12.3. The van der Waals surface area contributed by atoms with Crippen LogP contribution in [0.1, 0.15) is 47.2 Å². The Hall–Kier alpha value is -6.97. The molecule has 0 fully saturated rings. The molecule has 1 spiro atoms. The van der Waals surface area contributed by atoms with Gasteiger partial charge in [0.2, 0.25) is 0 Å². The fourth-order valence-corrected chi connectivity index (χ4v) is 9.73. The molecule has 0 saturated carbocycles. The van der Waals surface area contributed by atoms with E-state index in [0.29, 0.717) is 5.82 Å². The lowest BCUT2D eigenvalue weighted by Gasteiger charge is -2.46. The average molecular weight is 716 g/mol. The summed E-state index contributed by atoms with van der Waals surface area (Å²) in [6.45, 7) is 4.77. The van der Waals surface area contributed by atoms with Crippen molar-refractivity contribution in [3.8, 4) is 56.2 Å². The minimum Gasteiger partial charge on any atom is -0.224 e. The lowest BCUT2D eigenvalue weighted by atomic mass is 9.55. The second-order valence-corrected chi connectivity index (χ2v) is 15.6. The molecule has 0 N–H and O–H groups in total. The summed E-state index contributed by atoms with van der Waals surface area (Å²) in [5.41, 5.74) is 16.9. The minimum atomic E-state index is -0.410. The maximum atomic E-state index is 5.24. The molecule has 56 heavy (non-hydrogen) atoms. The highest BCUT2D eigenvalue weighted by Crippen LogP contribution is 2.62. The number of aromatic nitrogens is 3. The third kappa shape index (κ3) is 4.61. The van der Waals surface area contributed by atoms with Gasteiger partial charge in [0.25, 0.3) is 0 Å². The van der Waals surface area contributed by atoms with Crippen molar-refractivity contribution in [2.75, 3.05) is 0 Å². The molecular weight excluding hydrogens is 679 g/mol. The summed E-state index contributed by atoms with van der Waals surface area (Å²) in [7, 11) is 0. The molecule has 2 aliphatic rings. The molecule has 3 heteroatoms. The molecule has 0 bridgehead atoms. The molecular formula is C53H37N3. The summed E-state index contributed by atoms with van der Waals surface area (Å²) in [4.78, 5) is 5.24. The van der Waals surface area contributed by atoms with Crippen LogP contribution in [0.2, 0.25) is 0 Å². The van der Waals surface area contributed by atoms with Gasteiger partial charge in [-0.1, -0.05) is 190 Å². The van der Waals surface area contributed by atoms with E-state index in [2.05, 4.69) is 196 Å². The fourth-order valence-electron chi connectivity index (χ4n) is 9.73. The van der Waals surface area contributed by atoms with Crippen LogP contribution in [0.4, 0.5) is 0 Å². The molecule has 9 aromatic rings. The van der Waals surface area contributed by atoms with Crippen molar-refractivity contribution in [2.24, 2.45) is 0 Å². The molecule has 0 saturated heterocycles. The molecule has 0 aliphatic heterocycles. The van der Waals surface area contributed by atoms with Crippen LogP contribution >= 0.6 is 0 Å². The Labute approximate surface area is 327 Å². The van der Waals surface area contributed by atoms with E-state index in [-0.39, 0.29) is 5.41 Å². The van der Waals surface area contributed by atoms with E-state index in [1.165, 1.54) is 50.1 Å². The lowest BCUT2D eigenvalue weighted by Crippen LogP contribution is -2.40. The highest BCUT2D eigenvalue weighted by atomic mass is 15.2. The molecule has 1 aromatic heterocycles. The summed E-state index contributed by atoms with van der Waals surface area (Å²) in [6, 6.07) is 68.0. The van der Waals surface area contributed by atoms with E-state index in [1.54, 1.807) is 0 Å². The van der Waals surface area contributed by atoms with Gasteiger partial charge in [0.1, 0.15) is 11.4 Å². The van der Waals surface area contributed by atoms with Crippen LogP contribution < -0.4 is 0 Å². The van der Waals surface area contributed by atoms with Gasteiger partial charge in [-0.3, -0.25) is 0 Å². The lowest BCUT2D eigenvalue weighted by molar-refractivity contribution is 0.563. The van der Waals surface area contributed by atoms with Crippen LogP contribution in [0.3, 0.4) is 0 Å². The molecule has 8 aromatic carbocycles. The summed E-state index contributed by atoms with van der Waals surface area (Å²) in [6.07, 6.45) is 0. The Balaban J connectivity index is 1.08. The minimum absolute atomic E-state index is 0.232. The topological polar surface area (TPSA) is 38.7 Å². The molecule has 2 aliphatic carbocycles. The maximum Gasteiger partial charge on any atom is 0.182 e. The predicted octanol–water partition coefficient (Wildman–Crippen LogP) is 12.7. The van der Waals surface area contributed by atoms with Crippen LogP contribution in [-0.4, -0.2) is 15.2 Å². The summed E-state index contributed by atoms with van der Waals surface area (Å²) < 4.78 is 0. The SMILES string of the molecule is CC1(C)c2ccccc2C2(c3ccccc3-c3ccccc32)c2ccc(-c3cccc(-c4nnc(-c5cccc6ccccc56)nc4-c4ccccc4)c3)cc21. The van der Waals surface area contributed by atoms with Gasteiger partial charge < -0.3 is 0 Å². The Morgan fingerprint density at radius 3 is 1.70 bits per heavy atom. The van der Waals surface area contributed by atoms with E-state index in [1.807, 2.05) is 6.07 Å². The first kappa shape index (κ1) is 32.5. The average Bonchev–Trinajstić information content (AvgIpc) is 3.56. The number of hydrogen-bond acceptors (Lipinski definition) is 3.